The Labute approximate surface area is 130 Å². The molecule has 4 heteroatoms. The Balaban J connectivity index is 1.97. The lowest BCUT2D eigenvalue weighted by atomic mass is 10.1. The van der Waals surface area contributed by atoms with Gasteiger partial charge in [0.2, 0.25) is 5.91 Å². The van der Waals surface area contributed by atoms with Gasteiger partial charge in [0.05, 0.1) is 18.2 Å². The molecule has 0 aromatic heterocycles. The van der Waals surface area contributed by atoms with Crippen molar-refractivity contribution in [3.63, 3.8) is 0 Å². The molecule has 0 unspecified atom stereocenters. The van der Waals surface area contributed by atoms with Crippen LogP contribution in [0, 0.1) is 18.3 Å². The van der Waals surface area contributed by atoms with Gasteiger partial charge in [0.25, 0.3) is 0 Å². The Morgan fingerprint density at radius 3 is 2.55 bits per heavy atom. The second kappa shape index (κ2) is 7.28. The van der Waals surface area contributed by atoms with Crippen molar-refractivity contribution >= 4 is 17.3 Å². The average molecular weight is 293 g/mol. The Morgan fingerprint density at radius 2 is 1.91 bits per heavy atom. The molecule has 22 heavy (non-hydrogen) atoms. The fourth-order valence-electron chi connectivity index (χ4n) is 2.23. The van der Waals surface area contributed by atoms with Crippen molar-refractivity contribution in [2.45, 2.75) is 20.3 Å². The lowest BCUT2D eigenvalue weighted by Crippen LogP contribution is -2.22. The van der Waals surface area contributed by atoms with Crippen LogP contribution >= 0.6 is 0 Å². The highest BCUT2D eigenvalue weighted by atomic mass is 16.1. The number of nitrogens with zero attached hydrogens (tertiary/aromatic N) is 1. The first-order chi connectivity index (χ1) is 10.6. The van der Waals surface area contributed by atoms with E-state index in [1.807, 2.05) is 25.1 Å². The number of hydrogen-bond donors (Lipinski definition) is 2. The molecule has 0 bridgehead atoms. The van der Waals surface area contributed by atoms with E-state index in [-0.39, 0.29) is 12.5 Å². The van der Waals surface area contributed by atoms with Gasteiger partial charge in [0, 0.05) is 11.4 Å². The van der Waals surface area contributed by atoms with E-state index in [1.54, 1.807) is 24.3 Å². The Morgan fingerprint density at radius 1 is 1.18 bits per heavy atom. The normalized spacial score (nSPS) is 9.86. The molecule has 2 N–H and O–H groups in total. The maximum atomic E-state index is 12.1. The number of anilines is 2. The van der Waals surface area contributed by atoms with Crippen LogP contribution in [0.5, 0.6) is 0 Å². The third kappa shape index (κ3) is 3.86. The number of hydrogen-bond acceptors (Lipinski definition) is 3. The van der Waals surface area contributed by atoms with E-state index in [9.17, 15) is 4.79 Å². The van der Waals surface area contributed by atoms with Crippen molar-refractivity contribution in [3.05, 3.63) is 59.2 Å². The van der Waals surface area contributed by atoms with Crippen molar-refractivity contribution in [1.29, 1.82) is 5.26 Å². The number of nitriles is 1. The summed E-state index contributed by atoms with van der Waals surface area (Å²) < 4.78 is 0. The smallest absolute Gasteiger partial charge is 0.243 e. The minimum absolute atomic E-state index is 0.0895. The molecule has 2 aromatic rings. The summed E-state index contributed by atoms with van der Waals surface area (Å²) in [6, 6.07) is 15.1. The third-order valence-corrected chi connectivity index (χ3v) is 3.47. The predicted molar refractivity (Wildman–Crippen MR) is 88.8 cm³/mol. The molecule has 1 amide bonds. The fraction of sp³-hybridized carbons (Fsp3) is 0.222. The van der Waals surface area contributed by atoms with Crippen LogP contribution in [0.25, 0.3) is 0 Å². The van der Waals surface area contributed by atoms with Gasteiger partial charge >= 0.3 is 0 Å². The number of aryl methyl sites for hydroxylation is 2. The van der Waals surface area contributed by atoms with Crippen LogP contribution in [-0.4, -0.2) is 12.5 Å². The number of para-hydroxylation sites is 1. The number of nitrogens with one attached hydrogen (secondary N) is 2. The van der Waals surface area contributed by atoms with Gasteiger partial charge in [0.1, 0.15) is 0 Å². The van der Waals surface area contributed by atoms with Gasteiger partial charge in [-0.15, -0.1) is 0 Å². The SMILES string of the molecule is CCc1cccc(C)c1NC(=O)CNc1ccc(C#N)cc1. The molecule has 0 aliphatic rings. The molecule has 0 fully saturated rings. The summed E-state index contributed by atoms with van der Waals surface area (Å²) in [5.41, 5.74) is 4.51. The van der Waals surface area contributed by atoms with Crippen molar-refractivity contribution in [2.75, 3.05) is 17.2 Å². The number of carbonyl (C=O) groups excluding carboxylic acids is 1. The number of amides is 1. The second-order valence-corrected chi connectivity index (χ2v) is 5.05. The van der Waals surface area contributed by atoms with Crippen LogP contribution in [0.15, 0.2) is 42.5 Å². The van der Waals surface area contributed by atoms with Crippen LogP contribution in [0.4, 0.5) is 11.4 Å². The van der Waals surface area contributed by atoms with E-state index in [0.717, 1.165) is 28.9 Å². The van der Waals surface area contributed by atoms with Gasteiger partial charge in [-0.25, -0.2) is 0 Å². The molecule has 0 saturated heterocycles. The van der Waals surface area contributed by atoms with Crippen LogP contribution in [0.1, 0.15) is 23.6 Å². The topological polar surface area (TPSA) is 64.9 Å². The Kier molecular flexibility index (Phi) is 5.16. The standard InChI is InChI=1S/C18H19N3O/c1-3-15-6-4-5-13(2)18(15)21-17(22)12-20-16-9-7-14(11-19)8-10-16/h4-10,20H,3,12H2,1-2H3,(H,21,22). The Bertz CT molecular complexity index is 699. The second-order valence-electron chi connectivity index (χ2n) is 5.05. The van der Waals surface area contributed by atoms with Gasteiger partial charge in [-0.1, -0.05) is 25.1 Å². The molecule has 0 atom stereocenters. The largest absolute Gasteiger partial charge is 0.376 e. The van der Waals surface area contributed by atoms with Crippen LogP contribution in [0.3, 0.4) is 0 Å². The lowest BCUT2D eigenvalue weighted by Gasteiger charge is -2.13. The molecule has 0 heterocycles. The molecule has 0 radical (unpaired) electrons. The summed E-state index contributed by atoms with van der Waals surface area (Å²) in [5, 5.41) is 14.8. The van der Waals surface area contributed by atoms with E-state index < -0.39 is 0 Å². The quantitative estimate of drug-likeness (QED) is 0.887. The molecule has 112 valence electrons. The fourth-order valence-corrected chi connectivity index (χ4v) is 2.23. The number of carbonyl (C=O) groups is 1. The third-order valence-electron chi connectivity index (χ3n) is 3.47. The highest BCUT2D eigenvalue weighted by Gasteiger charge is 2.08. The monoisotopic (exact) mass is 293 g/mol. The zero-order valence-electron chi connectivity index (χ0n) is 12.8. The highest BCUT2D eigenvalue weighted by molar-refractivity contribution is 5.95. The van der Waals surface area contributed by atoms with Crippen molar-refractivity contribution in [1.82, 2.24) is 0 Å². The Hall–Kier alpha value is -2.80. The van der Waals surface area contributed by atoms with Gasteiger partial charge in [-0.3, -0.25) is 4.79 Å². The maximum absolute atomic E-state index is 12.1. The molecule has 4 nitrogen and oxygen atoms in total. The first-order valence-corrected chi connectivity index (χ1v) is 7.26. The predicted octanol–water partition coefficient (Wildman–Crippen LogP) is 3.48. The molecule has 2 rings (SSSR count). The van der Waals surface area contributed by atoms with E-state index in [0.29, 0.717) is 5.56 Å². The number of rotatable bonds is 5. The van der Waals surface area contributed by atoms with Gasteiger partial charge < -0.3 is 10.6 Å². The van der Waals surface area contributed by atoms with Gasteiger partial charge in [-0.2, -0.15) is 5.26 Å². The summed E-state index contributed by atoms with van der Waals surface area (Å²) in [5.74, 6) is -0.0895. The molecule has 0 spiro atoms. The van der Waals surface area contributed by atoms with Crippen molar-refractivity contribution in [3.8, 4) is 6.07 Å². The summed E-state index contributed by atoms with van der Waals surface area (Å²) in [7, 11) is 0. The summed E-state index contributed by atoms with van der Waals surface area (Å²) in [6.45, 7) is 4.24. The lowest BCUT2D eigenvalue weighted by molar-refractivity contribution is -0.114. The minimum atomic E-state index is -0.0895. The summed E-state index contributed by atoms with van der Waals surface area (Å²) in [6.07, 6.45) is 0.875. The minimum Gasteiger partial charge on any atom is -0.376 e. The zero-order valence-corrected chi connectivity index (χ0v) is 12.8. The molecule has 0 aliphatic heterocycles. The maximum Gasteiger partial charge on any atom is 0.243 e. The molecule has 0 saturated carbocycles. The average Bonchev–Trinajstić information content (AvgIpc) is 2.55. The highest BCUT2D eigenvalue weighted by Crippen LogP contribution is 2.21. The molecule has 2 aromatic carbocycles. The molecule has 0 aliphatic carbocycles. The van der Waals surface area contributed by atoms with Crippen LogP contribution < -0.4 is 10.6 Å². The van der Waals surface area contributed by atoms with Crippen molar-refractivity contribution in [2.24, 2.45) is 0 Å². The number of benzene rings is 2. The van der Waals surface area contributed by atoms with Gasteiger partial charge in [-0.05, 0) is 48.7 Å². The van der Waals surface area contributed by atoms with E-state index in [2.05, 4.69) is 23.6 Å². The summed E-state index contributed by atoms with van der Waals surface area (Å²) >= 11 is 0. The first-order valence-electron chi connectivity index (χ1n) is 7.26. The van der Waals surface area contributed by atoms with E-state index in [1.165, 1.54) is 0 Å². The zero-order chi connectivity index (χ0) is 15.9. The molecular weight excluding hydrogens is 274 g/mol. The van der Waals surface area contributed by atoms with Gasteiger partial charge in [0.15, 0.2) is 0 Å². The molecular formula is C18H19N3O. The van der Waals surface area contributed by atoms with Crippen LogP contribution in [0.2, 0.25) is 0 Å². The van der Waals surface area contributed by atoms with Crippen molar-refractivity contribution < 1.29 is 4.79 Å². The van der Waals surface area contributed by atoms with E-state index in [4.69, 9.17) is 5.26 Å². The van der Waals surface area contributed by atoms with E-state index >= 15 is 0 Å². The summed E-state index contributed by atoms with van der Waals surface area (Å²) in [4.78, 5) is 12.1. The first kappa shape index (κ1) is 15.6. The van der Waals surface area contributed by atoms with Crippen LogP contribution in [-0.2, 0) is 11.2 Å².